The summed E-state index contributed by atoms with van der Waals surface area (Å²) in [6.07, 6.45) is 0.327. The average Bonchev–Trinajstić information content (AvgIpc) is 3.08. The van der Waals surface area contributed by atoms with Gasteiger partial charge in [0.2, 0.25) is 5.88 Å². The Labute approximate surface area is 169 Å². The summed E-state index contributed by atoms with van der Waals surface area (Å²) in [4.78, 5) is 23.5. The number of benzene rings is 1. The van der Waals surface area contributed by atoms with Gasteiger partial charge in [-0.25, -0.2) is 18.4 Å². The third-order valence-corrected chi connectivity index (χ3v) is 4.73. The maximum Gasteiger partial charge on any atom is 0.344 e. The summed E-state index contributed by atoms with van der Waals surface area (Å²) in [6.45, 7) is 3.05. The number of aryl methyl sites for hydroxylation is 1. The van der Waals surface area contributed by atoms with Crippen molar-refractivity contribution in [1.29, 1.82) is 0 Å². The molecule has 4 N–H and O–H groups in total. The molecule has 0 fully saturated rings. The van der Waals surface area contributed by atoms with Crippen LogP contribution in [0.3, 0.4) is 0 Å². The number of carbonyl (C=O) groups is 2. The molecule has 0 aliphatic rings. The zero-order valence-electron chi connectivity index (χ0n) is 15.8. The Hall–Kier alpha value is -2.79. The Bertz CT molecular complexity index is 891. The summed E-state index contributed by atoms with van der Waals surface area (Å²) in [6, 6.07) is 1.39. The number of halogens is 2. The lowest BCUT2D eigenvalue weighted by molar-refractivity contribution is 0.0693. The molecule has 1 aromatic heterocycles. The van der Waals surface area contributed by atoms with Crippen molar-refractivity contribution >= 4 is 28.5 Å². The molecule has 8 nitrogen and oxygen atoms in total. The number of nitrogens with zero attached hydrogens (tertiary/aromatic N) is 1. The van der Waals surface area contributed by atoms with Crippen LogP contribution in [0.4, 0.5) is 18.6 Å². The van der Waals surface area contributed by atoms with Gasteiger partial charge in [0.05, 0.1) is 0 Å². The number of aliphatic hydroxyl groups excluding tert-OH is 1. The van der Waals surface area contributed by atoms with Crippen LogP contribution in [0.1, 0.15) is 35.3 Å². The number of urea groups is 1. The zero-order chi connectivity index (χ0) is 21.6. The first-order chi connectivity index (χ1) is 13.8. The highest BCUT2D eigenvalue weighted by Crippen LogP contribution is 2.31. The lowest BCUT2D eigenvalue weighted by atomic mass is 10.1. The van der Waals surface area contributed by atoms with E-state index in [0.29, 0.717) is 18.0 Å². The number of amides is 2. The van der Waals surface area contributed by atoms with E-state index in [4.69, 9.17) is 9.84 Å². The van der Waals surface area contributed by atoms with E-state index in [2.05, 4.69) is 15.0 Å². The van der Waals surface area contributed by atoms with E-state index < -0.39 is 35.8 Å². The molecule has 1 aromatic carbocycles. The lowest BCUT2D eigenvalue weighted by Gasteiger charge is -2.10. The number of carboxylic acids is 1. The smallest absolute Gasteiger partial charge is 0.344 e. The average molecular weight is 429 g/mol. The predicted octanol–water partition coefficient (Wildman–Crippen LogP) is 3.01. The molecule has 2 rings (SSSR count). The minimum Gasteiger partial charge on any atom is -0.477 e. The minimum atomic E-state index is -1.40. The SMILES string of the molecule is CCc1cc(F)c(COc2nsc(NC(=O)NCC(C)CO)c2C(=O)O)cc1F. The third kappa shape index (κ3) is 5.84. The molecule has 0 saturated heterocycles. The number of hydrogen-bond donors (Lipinski definition) is 4. The van der Waals surface area contributed by atoms with E-state index in [-0.39, 0.29) is 41.1 Å². The molecule has 1 unspecified atom stereocenters. The molecule has 11 heteroatoms. The van der Waals surface area contributed by atoms with Crippen molar-refractivity contribution in [1.82, 2.24) is 9.69 Å². The number of rotatable bonds is 9. The summed E-state index contributed by atoms with van der Waals surface area (Å²) >= 11 is 0.676. The van der Waals surface area contributed by atoms with Gasteiger partial charge >= 0.3 is 12.0 Å². The fraction of sp³-hybridized carbons (Fsp3) is 0.389. The van der Waals surface area contributed by atoms with Gasteiger partial charge in [-0.2, -0.15) is 4.37 Å². The van der Waals surface area contributed by atoms with E-state index in [9.17, 15) is 23.5 Å². The molecule has 29 heavy (non-hydrogen) atoms. The van der Waals surface area contributed by atoms with Gasteiger partial charge in [-0.1, -0.05) is 13.8 Å². The summed E-state index contributed by atoms with van der Waals surface area (Å²) in [7, 11) is 0. The van der Waals surface area contributed by atoms with Gasteiger partial charge in [0.1, 0.15) is 23.2 Å². The number of carbonyl (C=O) groups excluding carboxylic acids is 1. The second kappa shape index (κ2) is 10.1. The first-order valence-corrected chi connectivity index (χ1v) is 9.52. The van der Waals surface area contributed by atoms with E-state index in [1.54, 1.807) is 13.8 Å². The van der Waals surface area contributed by atoms with Gasteiger partial charge in [0.15, 0.2) is 5.56 Å². The molecule has 0 saturated carbocycles. The Morgan fingerprint density at radius 3 is 2.55 bits per heavy atom. The molecule has 0 aliphatic heterocycles. The molecule has 0 spiro atoms. The second-order valence-electron chi connectivity index (χ2n) is 6.30. The number of hydrogen-bond acceptors (Lipinski definition) is 6. The zero-order valence-corrected chi connectivity index (χ0v) is 16.6. The standard InChI is InChI=1S/C18H21F2N3O5S/c1-3-10-4-13(20)11(5-12(10)19)8-28-15-14(17(25)26)16(29-23-15)22-18(27)21-6-9(2)7-24/h4-5,9,24H,3,6-8H2,1-2H3,(H,25,26)(H2,21,22,27). The quantitative estimate of drug-likeness (QED) is 0.486. The molecule has 158 valence electrons. The Balaban J connectivity index is 2.11. The molecule has 1 atom stereocenters. The first-order valence-electron chi connectivity index (χ1n) is 8.75. The monoisotopic (exact) mass is 429 g/mol. The molecule has 1 heterocycles. The van der Waals surface area contributed by atoms with Crippen molar-refractivity contribution < 1.29 is 33.3 Å². The molecule has 2 aromatic rings. The maximum absolute atomic E-state index is 14.1. The molecule has 0 bridgehead atoms. The van der Waals surface area contributed by atoms with Crippen LogP contribution in [0.15, 0.2) is 12.1 Å². The largest absolute Gasteiger partial charge is 0.477 e. The van der Waals surface area contributed by atoms with Crippen LogP contribution in [0.5, 0.6) is 5.88 Å². The van der Waals surface area contributed by atoms with Crippen molar-refractivity contribution in [3.05, 3.63) is 40.5 Å². The van der Waals surface area contributed by atoms with E-state index in [1.807, 2.05) is 0 Å². The van der Waals surface area contributed by atoms with Crippen LogP contribution in [-0.2, 0) is 13.0 Å². The van der Waals surface area contributed by atoms with Crippen LogP contribution >= 0.6 is 11.5 Å². The number of nitrogens with one attached hydrogen (secondary N) is 2. The highest BCUT2D eigenvalue weighted by Gasteiger charge is 2.24. The predicted molar refractivity (Wildman–Crippen MR) is 102 cm³/mol. The summed E-state index contributed by atoms with van der Waals surface area (Å²) in [5.74, 6) is -3.15. The number of aromatic carboxylic acids is 1. The molecule has 2 amide bonds. The Kier molecular flexibility index (Phi) is 7.85. The van der Waals surface area contributed by atoms with Crippen LogP contribution in [0.2, 0.25) is 0 Å². The fourth-order valence-corrected chi connectivity index (χ4v) is 3.01. The van der Waals surface area contributed by atoms with E-state index >= 15 is 0 Å². The van der Waals surface area contributed by atoms with Crippen LogP contribution in [0.25, 0.3) is 0 Å². The van der Waals surface area contributed by atoms with Gasteiger partial charge in [-0.05, 0) is 41.6 Å². The second-order valence-corrected chi connectivity index (χ2v) is 7.07. The Morgan fingerprint density at radius 1 is 1.28 bits per heavy atom. The first kappa shape index (κ1) is 22.5. The van der Waals surface area contributed by atoms with Crippen molar-refractivity contribution in [3.8, 4) is 5.88 Å². The van der Waals surface area contributed by atoms with Crippen molar-refractivity contribution in [2.75, 3.05) is 18.5 Å². The summed E-state index contributed by atoms with van der Waals surface area (Å²) in [5.41, 5.74) is -0.264. The molecule has 0 aliphatic carbocycles. The van der Waals surface area contributed by atoms with E-state index in [1.165, 1.54) is 0 Å². The van der Waals surface area contributed by atoms with Gasteiger partial charge < -0.3 is 20.3 Å². The van der Waals surface area contributed by atoms with Crippen molar-refractivity contribution in [2.45, 2.75) is 26.9 Å². The number of aliphatic hydroxyl groups is 1. The fourth-order valence-electron chi connectivity index (χ4n) is 2.28. The van der Waals surface area contributed by atoms with Crippen LogP contribution in [-0.4, -0.2) is 39.7 Å². The number of aromatic nitrogens is 1. The number of carboxylic acid groups (broad SMARTS) is 1. The summed E-state index contributed by atoms with van der Waals surface area (Å²) in [5, 5.41) is 23.1. The van der Waals surface area contributed by atoms with Crippen LogP contribution in [0, 0.1) is 17.6 Å². The third-order valence-electron chi connectivity index (χ3n) is 3.99. The topological polar surface area (TPSA) is 121 Å². The van der Waals surface area contributed by atoms with Crippen LogP contribution < -0.4 is 15.4 Å². The number of ether oxygens (including phenoxy) is 1. The van der Waals surface area contributed by atoms with Crippen molar-refractivity contribution in [3.63, 3.8) is 0 Å². The van der Waals surface area contributed by atoms with Gasteiger partial charge in [-0.3, -0.25) is 5.32 Å². The summed E-state index contributed by atoms with van der Waals surface area (Å²) < 4.78 is 37.1. The van der Waals surface area contributed by atoms with Gasteiger partial charge in [0, 0.05) is 18.7 Å². The molecule has 0 radical (unpaired) electrons. The van der Waals surface area contributed by atoms with Crippen molar-refractivity contribution in [2.24, 2.45) is 5.92 Å². The maximum atomic E-state index is 14.1. The van der Waals surface area contributed by atoms with E-state index in [0.717, 1.165) is 12.1 Å². The van der Waals surface area contributed by atoms with Gasteiger partial charge in [0.25, 0.3) is 0 Å². The normalized spacial score (nSPS) is 11.8. The highest BCUT2D eigenvalue weighted by atomic mass is 32.1. The molecular weight excluding hydrogens is 408 g/mol. The number of anilines is 1. The lowest BCUT2D eigenvalue weighted by Crippen LogP contribution is -2.33. The molecular formula is C18H21F2N3O5S. The van der Waals surface area contributed by atoms with Gasteiger partial charge in [-0.15, -0.1) is 0 Å². The minimum absolute atomic E-state index is 0.0744. The highest BCUT2D eigenvalue weighted by molar-refractivity contribution is 7.11. The Morgan fingerprint density at radius 2 is 1.93 bits per heavy atom.